The molecule has 1 aliphatic heterocycles. The molecule has 0 spiro atoms. The number of halogens is 2. The molecule has 1 aliphatic rings. The van der Waals surface area contributed by atoms with Crippen LogP contribution >= 0.6 is 23.2 Å². The molecular weight excluding hydrogens is 559 g/mol. The van der Waals surface area contributed by atoms with Crippen LogP contribution in [0.4, 0.5) is 0 Å². The van der Waals surface area contributed by atoms with Gasteiger partial charge in [0.1, 0.15) is 0 Å². The first-order valence-corrected chi connectivity index (χ1v) is 14.7. The fourth-order valence-corrected chi connectivity index (χ4v) is 7.11. The Morgan fingerprint density at radius 2 is 1.41 bits per heavy atom. The van der Waals surface area contributed by atoms with Crippen LogP contribution in [0.5, 0.6) is 0 Å². The average molecular weight is 581 g/mol. The monoisotopic (exact) mass is 580 g/mol. The van der Waals surface area contributed by atoms with Crippen molar-refractivity contribution in [2.45, 2.75) is 28.3 Å². The van der Waals surface area contributed by atoms with E-state index in [9.17, 15) is 21.6 Å². The summed E-state index contributed by atoms with van der Waals surface area (Å²) in [5, 5.41) is 9.86. The predicted molar refractivity (Wildman–Crippen MR) is 142 cm³/mol. The van der Waals surface area contributed by atoms with Crippen LogP contribution in [-0.2, 0) is 20.0 Å². The molecule has 0 bridgehead atoms. The first-order chi connectivity index (χ1) is 17.5. The summed E-state index contributed by atoms with van der Waals surface area (Å²) in [6.07, 6.45) is 3.53. The van der Waals surface area contributed by atoms with Gasteiger partial charge in [-0.2, -0.15) is 4.31 Å². The van der Waals surface area contributed by atoms with Crippen LogP contribution in [-0.4, -0.2) is 50.8 Å². The molecule has 2 N–H and O–H groups in total. The van der Waals surface area contributed by atoms with Crippen molar-refractivity contribution in [3.8, 4) is 0 Å². The van der Waals surface area contributed by atoms with Gasteiger partial charge in [0.05, 0.1) is 15.4 Å². The summed E-state index contributed by atoms with van der Waals surface area (Å²) in [4.78, 5) is 11.1. The number of carboxylic acid groups (broad SMARTS) is 1. The molecule has 0 unspecified atom stereocenters. The minimum absolute atomic E-state index is 0.0153. The third-order valence-corrected chi connectivity index (χ3v) is 9.78. The second kappa shape index (κ2) is 10.9. The van der Waals surface area contributed by atoms with E-state index in [4.69, 9.17) is 28.3 Å². The fraction of sp³-hybridized carbons (Fsp3) is 0.160. The van der Waals surface area contributed by atoms with Gasteiger partial charge in [0.25, 0.3) is 0 Å². The van der Waals surface area contributed by atoms with Gasteiger partial charge >= 0.3 is 5.97 Å². The van der Waals surface area contributed by atoms with E-state index < -0.39 is 38.1 Å². The van der Waals surface area contributed by atoms with Gasteiger partial charge in [0.2, 0.25) is 20.0 Å². The van der Waals surface area contributed by atoms with Gasteiger partial charge in [-0.15, -0.1) is 0 Å². The first kappa shape index (κ1) is 27.3. The van der Waals surface area contributed by atoms with Gasteiger partial charge in [0, 0.05) is 28.7 Å². The largest absolute Gasteiger partial charge is 0.478 e. The number of nitrogens with zero attached hydrogens (tertiary/aromatic N) is 1. The Kier molecular flexibility index (Phi) is 8.08. The molecule has 194 valence electrons. The number of benzene rings is 3. The van der Waals surface area contributed by atoms with Crippen LogP contribution < -0.4 is 4.72 Å². The number of carbonyl (C=O) groups is 1. The number of sulfonamides is 2. The highest BCUT2D eigenvalue weighted by Crippen LogP contribution is 2.29. The Morgan fingerprint density at radius 3 is 1.95 bits per heavy atom. The van der Waals surface area contributed by atoms with Crippen molar-refractivity contribution in [3.05, 3.63) is 100 Å². The first-order valence-electron chi connectivity index (χ1n) is 11.0. The number of carboxylic acids is 1. The molecule has 12 heteroatoms. The van der Waals surface area contributed by atoms with Crippen LogP contribution in [0.3, 0.4) is 0 Å². The van der Waals surface area contributed by atoms with E-state index in [0.717, 1.165) is 0 Å². The van der Waals surface area contributed by atoms with E-state index in [2.05, 4.69) is 4.72 Å². The van der Waals surface area contributed by atoms with E-state index in [1.807, 2.05) is 0 Å². The lowest BCUT2D eigenvalue weighted by atomic mass is 10.1. The topological polar surface area (TPSA) is 121 Å². The van der Waals surface area contributed by atoms with Crippen molar-refractivity contribution in [1.29, 1.82) is 0 Å². The van der Waals surface area contributed by atoms with E-state index >= 15 is 0 Å². The van der Waals surface area contributed by atoms with Gasteiger partial charge in [-0.05, 0) is 72.6 Å². The molecule has 0 radical (unpaired) electrons. The quantitative estimate of drug-likeness (QED) is 0.404. The Hall–Kier alpha value is -2.73. The number of rotatable bonds is 8. The molecule has 0 saturated carbocycles. The normalized spacial score (nSPS) is 18.9. The SMILES string of the molecule is O=C(O)c1ccc(C=C[C@@H]2C[C@@H](NS(=O)(=O)c3ccc(Cl)cc3)CN2S(=O)(=O)c2ccc(Cl)cc2)cc1. The van der Waals surface area contributed by atoms with Gasteiger partial charge < -0.3 is 5.11 Å². The molecular formula is C25H22Cl2N2O6S2. The summed E-state index contributed by atoms with van der Waals surface area (Å²) in [6.45, 7) is -0.0925. The van der Waals surface area contributed by atoms with Gasteiger partial charge in [-0.25, -0.2) is 26.4 Å². The van der Waals surface area contributed by atoms with Crippen molar-refractivity contribution < 1.29 is 26.7 Å². The molecule has 0 aromatic heterocycles. The van der Waals surface area contributed by atoms with Crippen LogP contribution in [0.1, 0.15) is 22.3 Å². The van der Waals surface area contributed by atoms with Crippen LogP contribution in [0.15, 0.2) is 88.7 Å². The Morgan fingerprint density at radius 1 is 0.865 bits per heavy atom. The van der Waals surface area contributed by atoms with Gasteiger partial charge in [0.15, 0.2) is 0 Å². The maximum Gasteiger partial charge on any atom is 0.335 e. The number of hydrogen-bond acceptors (Lipinski definition) is 5. The molecule has 0 amide bonds. The zero-order valence-corrected chi connectivity index (χ0v) is 22.3. The molecule has 2 atom stereocenters. The van der Waals surface area contributed by atoms with E-state index in [1.54, 1.807) is 24.3 Å². The maximum absolute atomic E-state index is 13.5. The second-order valence-corrected chi connectivity index (χ2v) is 12.9. The van der Waals surface area contributed by atoms with Crippen molar-refractivity contribution in [3.63, 3.8) is 0 Å². The number of hydrogen-bond donors (Lipinski definition) is 2. The lowest BCUT2D eigenvalue weighted by molar-refractivity contribution is 0.0697. The smallest absolute Gasteiger partial charge is 0.335 e. The highest BCUT2D eigenvalue weighted by Gasteiger charge is 2.40. The summed E-state index contributed by atoms with van der Waals surface area (Å²) in [5.74, 6) is -1.05. The summed E-state index contributed by atoms with van der Waals surface area (Å²) >= 11 is 11.8. The van der Waals surface area contributed by atoms with Crippen LogP contribution in [0.25, 0.3) is 6.08 Å². The summed E-state index contributed by atoms with van der Waals surface area (Å²) in [7, 11) is -7.92. The van der Waals surface area contributed by atoms with E-state index in [-0.39, 0.29) is 28.3 Å². The standard InChI is InChI=1S/C25H22Cl2N2O6S2/c26-19-6-11-23(12-7-19)36(32,33)28-21-15-22(10-3-17-1-4-18(5-2-17)25(30)31)29(16-21)37(34,35)24-13-8-20(27)9-14-24/h1-14,21-22,28H,15-16H2,(H,30,31)/t21-,22-/m1/s1. The highest BCUT2D eigenvalue weighted by atomic mass is 35.5. The average Bonchev–Trinajstić information content (AvgIpc) is 3.26. The second-order valence-electron chi connectivity index (χ2n) is 8.39. The fourth-order valence-electron chi connectivity index (χ4n) is 3.97. The third-order valence-electron chi connectivity index (χ3n) is 5.83. The Labute approximate surface area is 225 Å². The summed E-state index contributed by atoms with van der Waals surface area (Å²) in [6, 6.07) is 16.1. The third kappa shape index (κ3) is 6.40. The van der Waals surface area contributed by atoms with Crippen LogP contribution in [0, 0.1) is 0 Å². The zero-order valence-electron chi connectivity index (χ0n) is 19.2. The maximum atomic E-state index is 13.5. The molecule has 1 fully saturated rings. The molecule has 4 rings (SSSR count). The summed E-state index contributed by atoms with van der Waals surface area (Å²) in [5.41, 5.74) is 0.792. The predicted octanol–water partition coefficient (Wildman–Crippen LogP) is 4.52. The molecule has 8 nitrogen and oxygen atoms in total. The molecule has 37 heavy (non-hydrogen) atoms. The van der Waals surface area contributed by atoms with Crippen molar-refractivity contribution in [2.75, 3.05) is 6.54 Å². The van der Waals surface area contributed by atoms with E-state index in [0.29, 0.717) is 15.6 Å². The van der Waals surface area contributed by atoms with Crippen molar-refractivity contribution >= 4 is 55.3 Å². The summed E-state index contributed by atoms with van der Waals surface area (Å²) < 4.78 is 56.7. The van der Waals surface area contributed by atoms with Gasteiger partial charge in [-0.1, -0.05) is 47.5 Å². The van der Waals surface area contributed by atoms with Crippen LogP contribution in [0.2, 0.25) is 10.0 Å². The Bertz CT molecular complexity index is 1520. The highest BCUT2D eigenvalue weighted by molar-refractivity contribution is 7.89. The lowest BCUT2D eigenvalue weighted by Gasteiger charge is -2.22. The molecule has 3 aromatic rings. The van der Waals surface area contributed by atoms with E-state index in [1.165, 1.54) is 65.0 Å². The van der Waals surface area contributed by atoms with Crippen molar-refractivity contribution in [2.24, 2.45) is 0 Å². The Balaban J connectivity index is 1.62. The minimum Gasteiger partial charge on any atom is -0.478 e. The molecule has 1 saturated heterocycles. The minimum atomic E-state index is -3.99. The lowest BCUT2D eigenvalue weighted by Crippen LogP contribution is -2.39. The zero-order chi connectivity index (χ0) is 26.8. The van der Waals surface area contributed by atoms with Gasteiger partial charge in [-0.3, -0.25) is 0 Å². The van der Waals surface area contributed by atoms with Crippen molar-refractivity contribution in [1.82, 2.24) is 9.03 Å². The molecule has 1 heterocycles. The molecule has 3 aromatic carbocycles. The molecule has 0 aliphatic carbocycles. The number of aromatic carboxylic acids is 1. The number of nitrogens with one attached hydrogen (secondary N) is 1.